The average Bonchev–Trinajstić information content (AvgIpc) is 2.46. The van der Waals surface area contributed by atoms with Gasteiger partial charge < -0.3 is 10.6 Å². The third-order valence-electron chi connectivity index (χ3n) is 2.84. The number of Topliss-reactive ketones (excluding diaryl/α,β-unsaturated/α-hetero) is 1. The Kier molecular flexibility index (Phi) is 4.95. The van der Waals surface area contributed by atoms with E-state index < -0.39 is 0 Å². The molecule has 0 bridgehead atoms. The monoisotopic (exact) mass is 302 g/mol. The summed E-state index contributed by atoms with van der Waals surface area (Å²) in [6, 6.07) is 14.0. The number of benzene rings is 2. The van der Waals surface area contributed by atoms with Gasteiger partial charge in [0.05, 0.1) is 17.3 Å². The zero-order valence-electron chi connectivity index (χ0n) is 11.5. The van der Waals surface area contributed by atoms with Crippen LogP contribution < -0.4 is 10.6 Å². The summed E-state index contributed by atoms with van der Waals surface area (Å²) in [6.07, 6.45) is 0. The summed E-state index contributed by atoms with van der Waals surface area (Å²) >= 11 is 6.01. The van der Waals surface area contributed by atoms with Crippen LogP contribution in [0.15, 0.2) is 48.5 Å². The van der Waals surface area contributed by atoms with E-state index in [9.17, 15) is 9.59 Å². The van der Waals surface area contributed by atoms with E-state index in [0.29, 0.717) is 16.3 Å². The van der Waals surface area contributed by atoms with Crippen LogP contribution >= 0.6 is 11.6 Å². The summed E-state index contributed by atoms with van der Waals surface area (Å²) in [5.41, 5.74) is 1.96. The molecule has 0 atom stereocenters. The molecule has 108 valence electrons. The molecule has 0 saturated carbocycles. The molecular weight excluding hydrogens is 288 g/mol. The highest BCUT2D eigenvalue weighted by Gasteiger charge is 2.07. The van der Waals surface area contributed by atoms with Crippen molar-refractivity contribution >= 4 is 34.7 Å². The van der Waals surface area contributed by atoms with Crippen molar-refractivity contribution in [1.82, 2.24) is 0 Å². The van der Waals surface area contributed by atoms with Gasteiger partial charge in [0, 0.05) is 18.2 Å². The highest BCUT2D eigenvalue weighted by molar-refractivity contribution is 6.33. The van der Waals surface area contributed by atoms with Crippen molar-refractivity contribution in [2.75, 3.05) is 17.2 Å². The first-order valence-electron chi connectivity index (χ1n) is 6.45. The first-order valence-corrected chi connectivity index (χ1v) is 6.83. The minimum absolute atomic E-state index is 0.0516. The Morgan fingerprint density at radius 2 is 1.71 bits per heavy atom. The number of carbonyl (C=O) groups is 2. The van der Waals surface area contributed by atoms with Crippen LogP contribution in [0.3, 0.4) is 0 Å². The van der Waals surface area contributed by atoms with Crippen LogP contribution in [0.5, 0.6) is 0 Å². The number of ketones is 1. The molecule has 0 saturated heterocycles. The van der Waals surface area contributed by atoms with Gasteiger partial charge in [-0.05, 0) is 36.4 Å². The lowest BCUT2D eigenvalue weighted by atomic mass is 10.1. The fourth-order valence-corrected chi connectivity index (χ4v) is 2.03. The van der Waals surface area contributed by atoms with E-state index in [1.54, 1.807) is 30.3 Å². The SMILES string of the molecule is CC(=O)Nc1ccc(C(=O)CNc2ccccc2Cl)cc1. The minimum atomic E-state index is -0.144. The predicted octanol–water partition coefficient (Wildman–Crippen LogP) is 3.59. The zero-order valence-corrected chi connectivity index (χ0v) is 12.3. The first kappa shape index (κ1) is 15.1. The van der Waals surface area contributed by atoms with E-state index >= 15 is 0 Å². The van der Waals surface area contributed by atoms with Gasteiger partial charge in [0.1, 0.15) is 0 Å². The van der Waals surface area contributed by atoms with Gasteiger partial charge in [0.2, 0.25) is 5.91 Å². The van der Waals surface area contributed by atoms with Crippen molar-refractivity contribution in [3.63, 3.8) is 0 Å². The molecule has 0 aromatic heterocycles. The summed E-state index contributed by atoms with van der Waals surface area (Å²) in [5, 5.41) is 6.23. The Balaban J connectivity index is 1.97. The van der Waals surface area contributed by atoms with E-state index in [1.807, 2.05) is 18.2 Å². The van der Waals surface area contributed by atoms with E-state index in [4.69, 9.17) is 11.6 Å². The molecule has 5 heteroatoms. The first-order chi connectivity index (χ1) is 10.1. The summed E-state index contributed by atoms with van der Waals surface area (Å²) in [7, 11) is 0. The maximum absolute atomic E-state index is 12.1. The van der Waals surface area contributed by atoms with E-state index in [0.717, 1.165) is 5.69 Å². The number of nitrogens with one attached hydrogen (secondary N) is 2. The van der Waals surface area contributed by atoms with Crippen LogP contribution in [0.1, 0.15) is 17.3 Å². The van der Waals surface area contributed by atoms with E-state index in [2.05, 4.69) is 10.6 Å². The second-order valence-electron chi connectivity index (χ2n) is 4.52. The lowest BCUT2D eigenvalue weighted by molar-refractivity contribution is -0.114. The Bertz CT molecular complexity index is 654. The predicted molar refractivity (Wildman–Crippen MR) is 85.0 cm³/mol. The second-order valence-corrected chi connectivity index (χ2v) is 4.92. The fraction of sp³-hybridized carbons (Fsp3) is 0.125. The average molecular weight is 303 g/mol. The standard InChI is InChI=1S/C16H15ClN2O2/c1-11(20)19-13-8-6-12(7-9-13)16(21)10-18-15-5-3-2-4-14(15)17/h2-9,18H,10H2,1H3,(H,19,20). The summed E-state index contributed by atoms with van der Waals surface area (Å²) < 4.78 is 0. The van der Waals surface area contributed by atoms with Gasteiger partial charge in [-0.15, -0.1) is 0 Å². The molecule has 2 rings (SSSR count). The highest BCUT2D eigenvalue weighted by atomic mass is 35.5. The van der Waals surface area contributed by atoms with Crippen LogP contribution in [0.25, 0.3) is 0 Å². The quantitative estimate of drug-likeness (QED) is 0.830. The Hall–Kier alpha value is -2.33. The molecule has 0 aliphatic heterocycles. The van der Waals surface area contributed by atoms with Crippen molar-refractivity contribution in [1.29, 1.82) is 0 Å². The third kappa shape index (κ3) is 4.33. The molecule has 0 heterocycles. The van der Waals surface area contributed by atoms with Gasteiger partial charge in [-0.1, -0.05) is 23.7 Å². The maximum Gasteiger partial charge on any atom is 0.221 e. The molecule has 0 unspecified atom stereocenters. The van der Waals surface area contributed by atoms with Crippen LogP contribution in [0.2, 0.25) is 5.02 Å². The van der Waals surface area contributed by atoms with Crippen LogP contribution in [0, 0.1) is 0 Å². The topological polar surface area (TPSA) is 58.2 Å². The number of para-hydroxylation sites is 1. The van der Waals surface area contributed by atoms with Gasteiger partial charge in [-0.25, -0.2) is 0 Å². The molecule has 21 heavy (non-hydrogen) atoms. The van der Waals surface area contributed by atoms with Gasteiger partial charge in [-0.3, -0.25) is 9.59 Å². The van der Waals surface area contributed by atoms with E-state index in [1.165, 1.54) is 6.92 Å². The zero-order chi connectivity index (χ0) is 15.2. The van der Waals surface area contributed by atoms with Crippen molar-refractivity contribution < 1.29 is 9.59 Å². The number of carbonyl (C=O) groups excluding carboxylic acids is 2. The number of amides is 1. The summed E-state index contributed by atoms with van der Waals surface area (Å²) in [6.45, 7) is 1.59. The minimum Gasteiger partial charge on any atom is -0.376 e. The van der Waals surface area contributed by atoms with Crippen LogP contribution in [0.4, 0.5) is 11.4 Å². The maximum atomic E-state index is 12.1. The Labute approximate surface area is 128 Å². The van der Waals surface area contributed by atoms with Crippen LogP contribution in [-0.4, -0.2) is 18.2 Å². The second kappa shape index (κ2) is 6.90. The van der Waals surface area contributed by atoms with Crippen molar-refractivity contribution in [2.24, 2.45) is 0 Å². The molecule has 2 aromatic rings. The molecule has 0 aliphatic rings. The molecule has 4 nitrogen and oxygen atoms in total. The normalized spacial score (nSPS) is 10.0. The number of anilines is 2. The lowest BCUT2D eigenvalue weighted by Gasteiger charge is -2.08. The van der Waals surface area contributed by atoms with Crippen molar-refractivity contribution in [3.8, 4) is 0 Å². The summed E-state index contributed by atoms with van der Waals surface area (Å²) in [5.74, 6) is -0.196. The largest absolute Gasteiger partial charge is 0.376 e. The van der Waals surface area contributed by atoms with E-state index in [-0.39, 0.29) is 18.2 Å². The lowest BCUT2D eigenvalue weighted by Crippen LogP contribution is -2.14. The smallest absolute Gasteiger partial charge is 0.221 e. The van der Waals surface area contributed by atoms with Gasteiger partial charge in [0.15, 0.2) is 5.78 Å². The van der Waals surface area contributed by atoms with Gasteiger partial charge in [0.25, 0.3) is 0 Å². The Morgan fingerprint density at radius 1 is 1.05 bits per heavy atom. The summed E-state index contributed by atoms with van der Waals surface area (Å²) in [4.78, 5) is 23.0. The Morgan fingerprint density at radius 3 is 2.33 bits per heavy atom. The molecule has 0 radical (unpaired) electrons. The van der Waals surface area contributed by atoms with Crippen molar-refractivity contribution in [3.05, 3.63) is 59.1 Å². The van der Waals surface area contributed by atoms with Crippen molar-refractivity contribution in [2.45, 2.75) is 6.92 Å². The molecular formula is C16H15ClN2O2. The number of hydrogen-bond donors (Lipinski definition) is 2. The van der Waals surface area contributed by atoms with Gasteiger partial charge in [-0.2, -0.15) is 0 Å². The fourth-order valence-electron chi connectivity index (χ4n) is 1.82. The highest BCUT2D eigenvalue weighted by Crippen LogP contribution is 2.20. The number of hydrogen-bond acceptors (Lipinski definition) is 3. The molecule has 0 fully saturated rings. The van der Waals surface area contributed by atoms with Crippen LogP contribution in [-0.2, 0) is 4.79 Å². The third-order valence-corrected chi connectivity index (χ3v) is 3.17. The molecule has 0 aliphatic carbocycles. The molecule has 2 aromatic carbocycles. The number of rotatable bonds is 5. The molecule has 1 amide bonds. The number of halogens is 1. The molecule has 0 spiro atoms. The van der Waals surface area contributed by atoms with Gasteiger partial charge >= 0.3 is 0 Å². The molecule has 2 N–H and O–H groups in total.